The van der Waals surface area contributed by atoms with Crippen molar-refractivity contribution in [3.05, 3.63) is 35.4 Å². The summed E-state index contributed by atoms with van der Waals surface area (Å²) >= 11 is 1.30. The number of nitrogens with two attached hydrogens (primary N) is 1. The number of carbonyl (C=O) groups excluding carboxylic acids is 1. The highest BCUT2D eigenvalue weighted by Gasteiger charge is 2.14. The molecule has 0 aliphatic carbocycles. The molecule has 2 nitrogen and oxygen atoms in total. The summed E-state index contributed by atoms with van der Waals surface area (Å²) in [4.78, 5) is 10.8. The summed E-state index contributed by atoms with van der Waals surface area (Å²) in [5.74, 6) is 0.689. The van der Waals surface area contributed by atoms with E-state index < -0.39 is 0 Å². The van der Waals surface area contributed by atoms with Crippen molar-refractivity contribution in [2.24, 2.45) is 0 Å². The quantitative estimate of drug-likeness (QED) is 0.842. The maximum Gasteiger partial charge on any atom is 0.186 e. The number of hydrogen-bond acceptors (Lipinski definition) is 3. The highest BCUT2D eigenvalue weighted by Crippen LogP contribution is 2.26. The van der Waals surface area contributed by atoms with Crippen LogP contribution < -0.4 is 5.73 Å². The Bertz CT molecular complexity index is 458. The molecule has 0 atom stereocenters. The summed E-state index contributed by atoms with van der Waals surface area (Å²) in [6.45, 7) is 8.11. The third kappa shape index (κ3) is 4.57. The zero-order valence-corrected chi connectivity index (χ0v) is 12.3. The number of rotatable bonds is 3. The lowest BCUT2D eigenvalue weighted by molar-refractivity contribution is -0.109. The lowest BCUT2D eigenvalue weighted by Crippen LogP contribution is -2.11. The van der Waals surface area contributed by atoms with Crippen LogP contribution in [0.5, 0.6) is 0 Å². The first-order valence-electron chi connectivity index (χ1n) is 6.00. The van der Waals surface area contributed by atoms with E-state index in [0.717, 1.165) is 11.3 Å². The molecule has 0 fully saturated rings. The van der Waals surface area contributed by atoms with Gasteiger partial charge in [-0.3, -0.25) is 4.79 Å². The van der Waals surface area contributed by atoms with Crippen LogP contribution in [-0.2, 0) is 10.2 Å². The molecular weight excluding hydrogens is 242 g/mol. The summed E-state index contributed by atoms with van der Waals surface area (Å²) < 4.78 is 0. The number of thioether (sulfide) groups is 1. The Morgan fingerprint density at radius 3 is 2.61 bits per heavy atom. The molecule has 1 rings (SSSR count). The Morgan fingerprint density at radius 2 is 2.06 bits per heavy atom. The lowest BCUT2D eigenvalue weighted by Gasteiger charge is -2.20. The smallest absolute Gasteiger partial charge is 0.186 e. The summed E-state index contributed by atoms with van der Waals surface area (Å²) in [6.07, 6.45) is 3.96. The second-order valence-corrected chi connectivity index (χ2v) is 6.50. The summed E-state index contributed by atoms with van der Waals surface area (Å²) in [5.41, 5.74) is 9.12. The van der Waals surface area contributed by atoms with Crippen molar-refractivity contribution in [2.45, 2.75) is 33.1 Å². The number of hydrogen-bond donors (Lipinski definition) is 1. The monoisotopic (exact) mass is 263 g/mol. The van der Waals surface area contributed by atoms with Crippen molar-refractivity contribution in [1.29, 1.82) is 0 Å². The molecule has 2 N–H and O–H groups in total. The molecule has 0 amide bonds. The zero-order chi connectivity index (χ0) is 13.8. The fraction of sp³-hybridized carbons (Fsp3) is 0.400. The second-order valence-electron chi connectivity index (χ2n) is 5.30. The largest absolute Gasteiger partial charge is 0.398 e. The molecule has 0 aliphatic rings. The fourth-order valence-electron chi connectivity index (χ4n) is 1.53. The molecule has 0 radical (unpaired) electrons. The predicted molar refractivity (Wildman–Crippen MR) is 81.7 cm³/mol. The van der Waals surface area contributed by atoms with E-state index in [0.29, 0.717) is 5.75 Å². The Kier molecular flexibility index (Phi) is 5.03. The Hall–Kier alpha value is -1.22. The molecule has 0 aromatic heterocycles. The van der Waals surface area contributed by atoms with E-state index in [1.807, 2.05) is 18.2 Å². The molecule has 0 saturated carbocycles. The average Bonchev–Trinajstić information content (AvgIpc) is 2.24. The topological polar surface area (TPSA) is 43.1 Å². The molecule has 98 valence electrons. The lowest BCUT2D eigenvalue weighted by atomic mass is 9.86. The second kappa shape index (κ2) is 6.10. The van der Waals surface area contributed by atoms with Gasteiger partial charge in [-0.05, 0) is 28.7 Å². The van der Waals surface area contributed by atoms with Crippen LogP contribution in [0.3, 0.4) is 0 Å². The number of benzene rings is 1. The molecule has 18 heavy (non-hydrogen) atoms. The van der Waals surface area contributed by atoms with Crippen molar-refractivity contribution in [2.75, 3.05) is 11.5 Å². The molecule has 0 saturated heterocycles. The van der Waals surface area contributed by atoms with Gasteiger partial charge in [0.05, 0.1) is 0 Å². The van der Waals surface area contributed by atoms with Crippen molar-refractivity contribution in [1.82, 2.24) is 0 Å². The number of carbonyl (C=O) groups is 1. The van der Waals surface area contributed by atoms with E-state index in [4.69, 9.17) is 5.73 Å². The van der Waals surface area contributed by atoms with Crippen LogP contribution in [0.2, 0.25) is 0 Å². The van der Waals surface area contributed by atoms with Crippen molar-refractivity contribution in [3.8, 4) is 0 Å². The average molecular weight is 263 g/mol. The summed E-state index contributed by atoms with van der Waals surface area (Å²) in [6, 6.07) is 6.12. The first-order chi connectivity index (χ1) is 8.30. The molecule has 0 bridgehead atoms. The Balaban J connectivity index is 2.85. The van der Waals surface area contributed by atoms with Gasteiger partial charge in [0.15, 0.2) is 5.12 Å². The van der Waals surface area contributed by atoms with Gasteiger partial charge in [0.25, 0.3) is 0 Å². The van der Waals surface area contributed by atoms with Gasteiger partial charge in [-0.2, -0.15) is 0 Å². The van der Waals surface area contributed by atoms with Crippen LogP contribution >= 0.6 is 11.8 Å². The van der Waals surface area contributed by atoms with Crippen LogP contribution in [-0.4, -0.2) is 10.9 Å². The van der Waals surface area contributed by atoms with Crippen LogP contribution in [0.15, 0.2) is 24.3 Å². The molecule has 0 unspecified atom stereocenters. The predicted octanol–water partition coefficient (Wildman–Crippen LogP) is 3.86. The minimum Gasteiger partial charge on any atom is -0.398 e. The Labute approximate surface area is 114 Å². The minimum atomic E-state index is 0.116. The summed E-state index contributed by atoms with van der Waals surface area (Å²) in [7, 11) is 0. The van der Waals surface area contributed by atoms with Gasteiger partial charge < -0.3 is 5.73 Å². The Morgan fingerprint density at radius 1 is 1.39 bits per heavy atom. The first-order valence-corrected chi connectivity index (χ1v) is 6.99. The maximum atomic E-state index is 10.8. The van der Waals surface area contributed by atoms with Crippen molar-refractivity contribution < 1.29 is 4.79 Å². The van der Waals surface area contributed by atoms with Gasteiger partial charge in [-0.15, -0.1) is 0 Å². The van der Waals surface area contributed by atoms with E-state index >= 15 is 0 Å². The highest BCUT2D eigenvalue weighted by molar-refractivity contribution is 8.13. The van der Waals surface area contributed by atoms with E-state index in [2.05, 4.69) is 32.9 Å². The van der Waals surface area contributed by atoms with Crippen LogP contribution in [0.25, 0.3) is 6.08 Å². The van der Waals surface area contributed by atoms with Gasteiger partial charge in [0.1, 0.15) is 0 Å². The maximum absolute atomic E-state index is 10.8. The fourth-order valence-corrected chi connectivity index (χ4v) is 1.95. The van der Waals surface area contributed by atoms with E-state index in [1.54, 1.807) is 6.92 Å². The molecule has 3 heteroatoms. The van der Waals surface area contributed by atoms with E-state index in [-0.39, 0.29) is 10.5 Å². The zero-order valence-electron chi connectivity index (χ0n) is 11.5. The molecule has 1 aromatic rings. The van der Waals surface area contributed by atoms with Crippen LogP contribution in [0.4, 0.5) is 5.69 Å². The normalized spacial score (nSPS) is 12.0. The van der Waals surface area contributed by atoms with E-state index in [1.165, 1.54) is 17.3 Å². The third-order valence-electron chi connectivity index (χ3n) is 2.63. The molecule has 0 heterocycles. The van der Waals surface area contributed by atoms with Crippen molar-refractivity contribution >= 4 is 28.6 Å². The van der Waals surface area contributed by atoms with Gasteiger partial charge in [-0.25, -0.2) is 0 Å². The van der Waals surface area contributed by atoms with Crippen LogP contribution in [0.1, 0.15) is 38.8 Å². The molecule has 0 spiro atoms. The number of anilines is 1. The van der Waals surface area contributed by atoms with Crippen LogP contribution in [0, 0.1) is 0 Å². The van der Waals surface area contributed by atoms with Gasteiger partial charge in [0.2, 0.25) is 0 Å². The van der Waals surface area contributed by atoms with E-state index in [9.17, 15) is 4.79 Å². The van der Waals surface area contributed by atoms with Crippen molar-refractivity contribution in [3.63, 3.8) is 0 Å². The molecule has 0 aliphatic heterocycles. The standard InChI is InChI=1S/C15H21NOS/c1-11(17)18-9-5-6-12-10-13(15(2,3)4)7-8-14(12)16/h5-8,10H,9,16H2,1-4H3. The third-order valence-corrected chi connectivity index (χ3v) is 3.40. The van der Waals surface area contributed by atoms with Gasteiger partial charge in [0, 0.05) is 18.4 Å². The highest BCUT2D eigenvalue weighted by atomic mass is 32.2. The first kappa shape index (κ1) is 14.8. The minimum absolute atomic E-state index is 0.116. The molecule has 1 aromatic carbocycles. The SMILES string of the molecule is CC(=O)SCC=Cc1cc(C(C)(C)C)ccc1N. The number of nitrogen functional groups attached to an aromatic ring is 1. The molecular formula is C15H21NOS. The van der Waals surface area contributed by atoms with Gasteiger partial charge >= 0.3 is 0 Å². The summed E-state index contributed by atoms with van der Waals surface area (Å²) in [5, 5.41) is 0.135. The van der Waals surface area contributed by atoms with Gasteiger partial charge in [-0.1, -0.05) is 50.8 Å².